The van der Waals surface area contributed by atoms with E-state index >= 15 is 0 Å². The second-order valence-corrected chi connectivity index (χ2v) is 6.51. The molecule has 4 aromatic rings. The van der Waals surface area contributed by atoms with E-state index in [0.29, 0.717) is 39.3 Å². The molecule has 0 spiro atoms. The van der Waals surface area contributed by atoms with Crippen LogP contribution in [0, 0.1) is 0 Å². The SMILES string of the molecule is COc1cccc(NC(=O)c2ccc3c(=O)n(-c4ccccc4OC)cnc3c2)c1. The van der Waals surface area contributed by atoms with Crippen LogP contribution in [0.5, 0.6) is 11.5 Å². The molecule has 0 atom stereocenters. The number of anilines is 1. The first-order valence-electron chi connectivity index (χ1n) is 9.21. The van der Waals surface area contributed by atoms with Crippen LogP contribution in [-0.2, 0) is 0 Å². The molecule has 30 heavy (non-hydrogen) atoms. The molecule has 3 aromatic carbocycles. The van der Waals surface area contributed by atoms with Gasteiger partial charge in [-0.3, -0.25) is 14.2 Å². The summed E-state index contributed by atoms with van der Waals surface area (Å²) in [5.74, 6) is 0.903. The molecule has 1 heterocycles. The third kappa shape index (κ3) is 3.60. The molecule has 0 aliphatic carbocycles. The molecule has 1 amide bonds. The monoisotopic (exact) mass is 401 g/mol. The van der Waals surface area contributed by atoms with Crippen molar-refractivity contribution < 1.29 is 14.3 Å². The minimum absolute atomic E-state index is 0.246. The van der Waals surface area contributed by atoms with Gasteiger partial charge in [-0.15, -0.1) is 0 Å². The number of nitrogens with one attached hydrogen (secondary N) is 1. The topological polar surface area (TPSA) is 82.5 Å². The Morgan fingerprint density at radius 3 is 2.60 bits per heavy atom. The molecule has 0 bridgehead atoms. The Bertz CT molecular complexity index is 1300. The van der Waals surface area contributed by atoms with Gasteiger partial charge in [-0.1, -0.05) is 18.2 Å². The maximum Gasteiger partial charge on any atom is 0.265 e. The standard InChI is InChI=1S/C23H19N3O4/c1-29-17-7-5-6-16(13-17)25-22(27)15-10-11-18-19(12-15)24-14-26(23(18)28)20-8-3-4-9-21(20)30-2/h3-14H,1-2H3,(H,25,27). The van der Waals surface area contributed by atoms with Gasteiger partial charge in [-0.25, -0.2) is 4.98 Å². The third-order valence-corrected chi connectivity index (χ3v) is 4.69. The summed E-state index contributed by atoms with van der Waals surface area (Å²) < 4.78 is 11.9. The van der Waals surface area contributed by atoms with Gasteiger partial charge < -0.3 is 14.8 Å². The van der Waals surface area contributed by atoms with Crippen LogP contribution >= 0.6 is 0 Å². The molecular weight excluding hydrogens is 382 g/mol. The van der Waals surface area contributed by atoms with Crippen molar-refractivity contribution in [1.29, 1.82) is 0 Å². The number of fused-ring (bicyclic) bond motifs is 1. The summed E-state index contributed by atoms with van der Waals surface area (Å²) >= 11 is 0. The number of ether oxygens (including phenoxy) is 2. The van der Waals surface area contributed by atoms with Crippen molar-refractivity contribution in [3.8, 4) is 17.2 Å². The Kier molecular flexibility index (Phi) is 5.17. The van der Waals surface area contributed by atoms with Gasteiger partial charge in [-0.2, -0.15) is 0 Å². The predicted octanol–water partition coefficient (Wildman–Crippen LogP) is 3.66. The highest BCUT2D eigenvalue weighted by Gasteiger charge is 2.13. The van der Waals surface area contributed by atoms with Crippen LogP contribution in [0.4, 0.5) is 5.69 Å². The van der Waals surface area contributed by atoms with Gasteiger partial charge in [-0.05, 0) is 42.5 Å². The lowest BCUT2D eigenvalue weighted by molar-refractivity contribution is 0.102. The fourth-order valence-corrected chi connectivity index (χ4v) is 3.17. The molecule has 0 fully saturated rings. The van der Waals surface area contributed by atoms with E-state index in [0.717, 1.165) is 0 Å². The number of carbonyl (C=O) groups excluding carboxylic acids is 1. The van der Waals surface area contributed by atoms with Gasteiger partial charge in [0.1, 0.15) is 17.8 Å². The highest BCUT2D eigenvalue weighted by atomic mass is 16.5. The largest absolute Gasteiger partial charge is 0.497 e. The van der Waals surface area contributed by atoms with Crippen molar-refractivity contribution >= 4 is 22.5 Å². The predicted molar refractivity (Wildman–Crippen MR) is 115 cm³/mol. The summed E-state index contributed by atoms with van der Waals surface area (Å²) in [6.07, 6.45) is 1.44. The van der Waals surface area contributed by atoms with Gasteiger partial charge >= 0.3 is 0 Å². The highest BCUT2D eigenvalue weighted by molar-refractivity contribution is 6.06. The molecule has 1 aromatic heterocycles. The van der Waals surface area contributed by atoms with E-state index < -0.39 is 0 Å². The second kappa shape index (κ2) is 8.08. The number of hydrogen-bond donors (Lipinski definition) is 1. The second-order valence-electron chi connectivity index (χ2n) is 6.51. The molecule has 1 N–H and O–H groups in total. The van der Waals surface area contributed by atoms with Gasteiger partial charge in [0.05, 0.1) is 30.8 Å². The molecule has 0 saturated carbocycles. The lowest BCUT2D eigenvalue weighted by Gasteiger charge is -2.11. The summed E-state index contributed by atoms with van der Waals surface area (Å²) in [5, 5.41) is 3.22. The van der Waals surface area contributed by atoms with Crippen LogP contribution in [0.3, 0.4) is 0 Å². The van der Waals surface area contributed by atoms with E-state index in [1.807, 2.05) is 12.1 Å². The van der Waals surface area contributed by atoms with Crippen LogP contribution < -0.4 is 20.3 Å². The zero-order valence-electron chi connectivity index (χ0n) is 16.5. The number of amides is 1. The maximum absolute atomic E-state index is 13.0. The quantitative estimate of drug-likeness (QED) is 0.552. The van der Waals surface area contributed by atoms with E-state index in [4.69, 9.17) is 9.47 Å². The van der Waals surface area contributed by atoms with Crippen LogP contribution in [0.15, 0.2) is 77.9 Å². The number of aromatic nitrogens is 2. The van der Waals surface area contributed by atoms with Crippen molar-refractivity contribution in [1.82, 2.24) is 9.55 Å². The molecule has 150 valence electrons. The number of nitrogens with zero attached hydrogens (tertiary/aromatic N) is 2. The van der Waals surface area contributed by atoms with Gasteiger partial charge in [0, 0.05) is 17.3 Å². The van der Waals surface area contributed by atoms with Crippen LogP contribution in [0.25, 0.3) is 16.6 Å². The number of para-hydroxylation sites is 2. The molecular formula is C23H19N3O4. The Morgan fingerprint density at radius 2 is 1.80 bits per heavy atom. The van der Waals surface area contributed by atoms with Crippen LogP contribution in [0.2, 0.25) is 0 Å². The van der Waals surface area contributed by atoms with E-state index in [1.54, 1.807) is 68.8 Å². The third-order valence-electron chi connectivity index (χ3n) is 4.69. The first-order chi connectivity index (χ1) is 14.6. The van der Waals surface area contributed by atoms with Crippen LogP contribution in [-0.4, -0.2) is 29.7 Å². The van der Waals surface area contributed by atoms with E-state index in [2.05, 4.69) is 10.3 Å². The Hall–Kier alpha value is -4.13. The summed E-state index contributed by atoms with van der Waals surface area (Å²) in [7, 11) is 3.11. The molecule has 0 radical (unpaired) electrons. The molecule has 0 unspecified atom stereocenters. The maximum atomic E-state index is 13.0. The number of methoxy groups -OCH3 is 2. The van der Waals surface area contributed by atoms with Crippen molar-refractivity contribution in [2.75, 3.05) is 19.5 Å². The zero-order chi connectivity index (χ0) is 21.1. The number of benzene rings is 3. The van der Waals surface area contributed by atoms with Crippen molar-refractivity contribution in [2.45, 2.75) is 0 Å². The molecule has 7 heteroatoms. The number of hydrogen-bond acceptors (Lipinski definition) is 5. The average Bonchev–Trinajstić information content (AvgIpc) is 2.79. The van der Waals surface area contributed by atoms with E-state index in [1.165, 1.54) is 10.9 Å². The molecule has 0 aliphatic heterocycles. The Labute approximate surface area is 172 Å². The van der Waals surface area contributed by atoms with Crippen molar-refractivity contribution in [2.24, 2.45) is 0 Å². The lowest BCUT2D eigenvalue weighted by Crippen LogP contribution is -2.20. The van der Waals surface area contributed by atoms with Crippen LogP contribution in [0.1, 0.15) is 10.4 Å². The van der Waals surface area contributed by atoms with Gasteiger partial charge in [0.2, 0.25) is 0 Å². The fourth-order valence-electron chi connectivity index (χ4n) is 3.17. The Morgan fingerprint density at radius 1 is 0.967 bits per heavy atom. The summed E-state index contributed by atoms with van der Waals surface area (Å²) in [6.45, 7) is 0. The molecule has 0 aliphatic rings. The van der Waals surface area contributed by atoms with Gasteiger partial charge in [0.25, 0.3) is 11.5 Å². The summed E-state index contributed by atoms with van der Waals surface area (Å²) in [6, 6.07) is 19.1. The zero-order valence-corrected chi connectivity index (χ0v) is 16.5. The molecule has 4 rings (SSSR count). The summed E-state index contributed by atoms with van der Waals surface area (Å²) in [4.78, 5) is 30.0. The van der Waals surface area contributed by atoms with Gasteiger partial charge in [0.15, 0.2) is 0 Å². The normalized spacial score (nSPS) is 10.6. The minimum atomic E-state index is -0.305. The number of carbonyl (C=O) groups is 1. The van der Waals surface area contributed by atoms with E-state index in [-0.39, 0.29) is 11.5 Å². The van der Waals surface area contributed by atoms with Crippen molar-refractivity contribution in [3.63, 3.8) is 0 Å². The smallest absolute Gasteiger partial charge is 0.265 e. The summed E-state index contributed by atoms with van der Waals surface area (Å²) in [5.41, 5.74) is 1.79. The first-order valence-corrected chi connectivity index (χ1v) is 9.21. The fraction of sp³-hybridized carbons (Fsp3) is 0.0870. The Balaban J connectivity index is 1.68. The van der Waals surface area contributed by atoms with E-state index in [9.17, 15) is 9.59 Å². The number of rotatable bonds is 5. The highest BCUT2D eigenvalue weighted by Crippen LogP contribution is 2.22. The minimum Gasteiger partial charge on any atom is -0.497 e. The average molecular weight is 401 g/mol. The lowest BCUT2D eigenvalue weighted by atomic mass is 10.1. The molecule has 7 nitrogen and oxygen atoms in total. The first kappa shape index (κ1) is 19.2. The molecule has 0 saturated heterocycles. The van der Waals surface area contributed by atoms with Crippen molar-refractivity contribution in [3.05, 3.63) is 89.0 Å².